The lowest BCUT2D eigenvalue weighted by Crippen LogP contribution is -2.49. The molecule has 4 nitrogen and oxygen atoms in total. The standard InChI is InChI=1S/C17H21N3OS.ClH/c1-11(14-8-18-9-14)16(21)19-10-15-12(2)20-17(22-15)13-6-4-3-5-7-13;/h3-7,11,14,18H,8-10H2,1-2H3,(H,19,21);1H. The second-order valence-electron chi connectivity index (χ2n) is 5.82. The zero-order valence-corrected chi connectivity index (χ0v) is 15.0. The molecule has 1 aromatic carbocycles. The Morgan fingerprint density at radius 1 is 1.39 bits per heavy atom. The van der Waals surface area contributed by atoms with Gasteiger partial charge in [-0.15, -0.1) is 23.7 Å². The van der Waals surface area contributed by atoms with E-state index in [1.54, 1.807) is 11.3 Å². The van der Waals surface area contributed by atoms with E-state index in [-0.39, 0.29) is 24.2 Å². The van der Waals surface area contributed by atoms with Gasteiger partial charge in [-0.05, 0) is 25.9 Å². The van der Waals surface area contributed by atoms with Crippen LogP contribution in [0.2, 0.25) is 0 Å². The normalized spacial score (nSPS) is 15.4. The first-order valence-corrected chi connectivity index (χ1v) is 8.47. The van der Waals surface area contributed by atoms with Gasteiger partial charge in [-0.3, -0.25) is 4.79 Å². The van der Waals surface area contributed by atoms with Crippen LogP contribution in [0.3, 0.4) is 0 Å². The number of carbonyl (C=O) groups is 1. The number of thiazole rings is 1. The van der Waals surface area contributed by atoms with Gasteiger partial charge in [0.05, 0.1) is 12.2 Å². The third-order valence-corrected chi connectivity index (χ3v) is 5.48. The number of nitrogens with one attached hydrogen (secondary N) is 2. The van der Waals surface area contributed by atoms with Gasteiger partial charge in [-0.25, -0.2) is 4.98 Å². The quantitative estimate of drug-likeness (QED) is 0.870. The van der Waals surface area contributed by atoms with Crippen molar-refractivity contribution in [2.45, 2.75) is 20.4 Å². The Kier molecular flexibility index (Phi) is 6.16. The molecule has 0 bridgehead atoms. The summed E-state index contributed by atoms with van der Waals surface area (Å²) in [5.41, 5.74) is 2.13. The molecule has 124 valence electrons. The number of hydrogen-bond acceptors (Lipinski definition) is 4. The predicted molar refractivity (Wildman–Crippen MR) is 96.9 cm³/mol. The SMILES string of the molecule is Cc1nc(-c2ccccc2)sc1CNC(=O)C(C)C1CNC1.Cl. The minimum atomic E-state index is 0. The summed E-state index contributed by atoms with van der Waals surface area (Å²) in [5, 5.41) is 7.28. The first-order chi connectivity index (χ1) is 10.6. The summed E-state index contributed by atoms with van der Waals surface area (Å²) in [6.45, 7) is 6.48. The van der Waals surface area contributed by atoms with Gasteiger partial charge in [-0.2, -0.15) is 0 Å². The number of halogens is 1. The third-order valence-electron chi connectivity index (χ3n) is 4.27. The average Bonchev–Trinajstić information content (AvgIpc) is 2.85. The van der Waals surface area contributed by atoms with Crippen LogP contribution in [0.25, 0.3) is 10.6 Å². The van der Waals surface area contributed by atoms with E-state index in [0.717, 1.165) is 34.2 Å². The Morgan fingerprint density at radius 3 is 2.70 bits per heavy atom. The molecule has 1 amide bonds. The first-order valence-electron chi connectivity index (χ1n) is 7.65. The van der Waals surface area contributed by atoms with E-state index in [1.807, 2.05) is 32.0 Å². The summed E-state index contributed by atoms with van der Waals surface area (Å²) in [4.78, 5) is 17.9. The van der Waals surface area contributed by atoms with E-state index in [0.29, 0.717) is 12.5 Å². The van der Waals surface area contributed by atoms with Crippen molar-refractivity contribution >= 4 is 29.7 Å². The number of aromatic nitrogens is 1. The zero-order valence-electron chi connectivity index (χ0n) is 13.3. The molecule has 1 saturated heterocycles. The van der Waals surface area contributed by atoms with Gasteiger partial charge in [-0.1, -0.05) is 37.3 Å². The average molecular weight is 352 g/mol. The maximum absolute atomic E-state index is 12.2. The van der Waals surface area contributed by atoms with Gasteiger partial charge < -0.3 is 10.6 Å². The predicted octanol–water partition coefficient (Wildman–Crippen LogP) is 3.01. The Balaban J connectivity index is 0.00000192. The highest BCUT2D eigenvalue weighted by molar-refractivity contribution is 7.15. The lowest BCUT2D eigenvalue weighted by atomic mass is 9.88. The molecule has 1 atom stereocenters. The number of hydrogen-bond donors (Lipinski definition) is 2. The first kappa shape index (κ1) is 17.9. The maximum Gasteiger partial charge on any atom is 0.223 e. The smallest absolute Gasteiger partial charge is 0.223 e. The summed E-state index contributed by atoms with van der Waals surface area (Å²) in [7, 11) is 0. The number of rotatable bonds is 5. The maximum atomic E-state index is 12.2. The topological polar surface area (TPSA) is 54.0 Å². The summed E-state index contributed by atoms with van der Waals surface area (Å²) < 4.78 is 0. The van der Waals surface area contributed by atoms with Crippen LogP contribution in [0.1, 0.15) is 17.5 Å². The molecular formula is C17H22ClN3OS. The summed E-state index contributed by atoms with van der Waals surface area (Å²) in [6.07, 6.45) is 0. The van der Waals surface area contributed by atoms with Crippen molar-refractivity contribution in [1.29, 1.82) is 0 Å². The molecule has 3 rings (SSSR count). The van der Waals surface area contributed by atoms with Gasteiger partial charge in [0.15, 0.2) is 0 Å². The van der Waals surface area contributed by atoms with Crippen LogP contribution < -0.4 is 10.6 Å². The third kappa shape index (κ3) is 4.10. The Bertz CT molecular complexity index is 655. The van der Waals surface area contributed by atoms with E-state index in [2.05, 4.69) is 27.8 Å². The molecule has 1 fully saturated rings. The van der Waals surface area contributed by atoms with Crippen molar-refractivity contribution < 1.29 is 4.79 Å². The molecule has 2 N–H and O–H groups in total. The lowest BCUT2D eigenvalue weighted by Gasteiger charge is -2.31. The van der Waals surface area contributed by atoms with Crippen molar-refractivity contribution in [1.82, 2.24) is 15.6 Å². The molecular weight excluding hydrogens is 330 g/mol. The van der Waals surface area contributed by atoms with Gasteiger partial charge >= 0.3 is 0 Å². The van der Waals surface area contributed by atoms with Gasteiger partial charge in [0.2, 0.25) is 5.91 Å². The van der Waals surface area contributed by atoms with Crippen LogP contribution in [0, 0.1) is 18.8 Å². The van der Waals surface area contributed by atoms with Crippen LogP contribution in [0.4, 0.5) is 0 Å². The number of amides is 1. The van der Waals surface area contributed by atoms with E-state index in [1.165, 1.54) is 0 Å². The molecule has 1 unspecified atom stereocenters. The summed E-state index contributed by atoms with van der Waals surface area (Å²) in [6, 6.07) is 10.2. The van der Waals surface area contributed by atoms with Gasteiger partial charge in [0.25, 0.3) is 0 Å². The molecule has 0 radical (unpaired) electrons. The fourth-order valence-corrected chi connectivity index (χ4v) is 3.51. The van der Waals surface area contributed by atoms with E-state index >= 15 is 0 Å². The monoisotopic (exact) mass is 351 g/mol. The van der Waals surface area contributed by atoms with Crippen molar-refractivity contribution in [2.75, 3.05) is 13.1 Å². The van der Waals surface area contributed by atoms with E-state index in [9.17, 15) is 4.79 Å². The van der Waals surface area contributed by atoms with E-state index in [4.69, 9.17) is 0 Å². The van der Waals surface area contributed by atoms with Crippen molar-refractivity contribution in [3.05, 3.63) is 40.9 Å². The minimum Gasteiger partial charge on any atom is -0.351 e. The lowest BCUT2D eigenvalue weighted by molar-refractivity contribution is -0.126. The fourth-order valence-electron chi connectivity index (χ4n) is 2.50. The van der Waals surface area contributed by atoms with Crippen molar-refractivity contribution in [3.63, 3.8) is 0 Å². The summed E-state index contributed by atoms with van der Waals surface area (Å²) in [5.74, 6) is 0.686. The number of aryl methyl sites for hydroxylation is 1. The Labute approximate surface area is 147 Å². The molecule has 0 spiro atoms. The molecule has 2 heterocycles. The molecule has 6 heteroatoms. The molecule has 1 aliphatic heterocycles. The van der Waals surface area contributed by atoms with Crippen LogP contribution in [0.15, 0.2) is 30.3 Å². The van der Waals surface area contributed by atoms with Crippen molar-refractivity contribution in [3.8, 4) is 10.6 Å². The largest absolute Gasteiger partial charge is 0.351 e. The summed E-state index contributed by atoms with van der Waals surface area (Å²) >= 11 is 1.66. The number of carbonyl (C=O) groups excluding carboxylic acids is 1. The van der Waals surface area contributed by atoms with Crippen LogP contribution in [0.5, 0.6) is 0 Å². The zero-order chi connectivity index (χ0) is 15.5. The Hall–Kier alpha value is -1.43. The number of nitrogens with zero attached hydrogens (tertiary/aromatic N) is 1. The molecule has 2 aromatic rings. The highest BCUT2D eigenvalue weighted by atomic mass is 35.5. The molecule has 0 saturated carbocycles. The van der Waals surface area contributed by atoms with Crippen LogP contribution in [-0.2, 0) is 11.3 Å². The van der Waals surface area contributed by atoms with Gasteiger partial charge in [0, 0.05) is 16.4 Å². The molecule has 1 aliphatic rings. The van der Waals surface area contributed by atoms with Gasteiger partial charge in [0.1, 0.15) is 5.01 Å². The fraction of sp³-hybridized carbons (Fsp3) is 0.412. The highest BCUT2D eigenvalue weighted by Crippen LogP contribution is 2.27. The van der Waals surface area contributed by atoms with Crippen LogP contribution in [-0.4, -0.2) is 24.0 Å². The van der Waals surface area contributed by atoms with Crippen molar-refractivity contribution in [2.24, 2.45) is 11.8 Å². The minimum absolute atomic E-state index is 0. The second-order valence-corrected chi connectivity index (χ2v) is 6.90. The van der Waals surface area contributed by atoms with E-state index < -0.39 is 0 Å². The molecule has 23 heavy (non-hydrogen) atoms. The Morgan fingerprint density at radius 2 is 2.09 bits per heavy atom. The highest BCUT2D eigenvalue weighted by Gasteiger charge is 2.28. The number of benzene rings is 1. The molecule has 0 aliphatic carbocycles. The van der Waals surface area contributed by atoms with Crippen LogP contribution >= 0.6 is 23.7 Å². The second kappa shape index (κ2) is 7.90. The molecule has 1 aromatic heterocycles.